The molecule has 24 heavy (non-hydrogen) atoms. The number of piperidine rings is 1. The monoisotopic (exact) mass is 318 g/mol. The number of phenolic OH excluding ortho intramolecular Hbond substituents is 1. The second-order valence-corrected chi connectivity index (χ2v) is 6.78. The first-order chi connectivity index (χ1) is 11.8. The van der Waals surface area contributed by atoms with Gasteiger partial charge in [0.1, 0.15) is 11.8 Å². The minimum Gasteiger partial charge on any atom is -0.507 e. The highest BCUT2D eigenvalue weighted by Gasteiger charge is 2.31. The van der Waals surface area contributed by atoms with Crippen LogP contribution < -0.4 is 4.90 Å². The van der Waals surface area contributed by atoms with Crippen LogP contribution in [0, 0.1) is 0 Å². The fourth-order valence-electron chi connectivity index (χ4n) is 4.13. The van der Waals surface area contributed by atoms with Crippen LogP contribution in [0.15, 0.2) is 66.7 Å². The van der Waals surface area contributed by atoms with Crippen LogP contribution in [0.1, 0.15) is 36.4 Å². The molecule has 0 radical (unpaired) electrons. The first-order valence-corrected chi connectivity index (χ1v) is 8.95. The molecular weight excluding hydrogens is 294 g/mol. The number of rotatable bonds is 3. The van der Waals surface area contributed by atoms with E-state index in [0.717, 1.165) is 5.56 Å². The molecule has 0 aromatic heterocycles. The van der Waals surface area contributed by atoms with Crippen LogP contribution in [-0.2, 0) is 0 Å². The summed E-state index contributed by atoms with van der Waals surface area (Å²) in [5.41, 5.74) is 2.37. The van der Waals surface area contributed by atoms with E-state index in [2.05, 4.69) is 54.6 Å². The fourth-order valence-corrected chi connectivity index (χ4v) is 4.13. The van der Waals surface area contributed by atoms with Crippen molar-refractivity contribution in [2.45, 2.75) is 25.3 Å². The second-order valence-electron chi connectivity index (χ2n) is 6.78. The Balaban J connectivity index is 1.92. The maximum absolute atomic E-state index is 10.8. The SMILES string of the molecule is Oc1ccc2ccccc2c1[C@H](c1ccccc1)[NH+]1CCCCC1. The van der Waals surface area contributed by atoms with Crippen LogP contribution in [0.5, 0.6) is 5.75 Å². The average molecular weight is 318 g/mol. The minimum atomic E-state index is 0.192. The zero-order valence-corrected chi connectivity index (χ0v) is 13.9. The molecule has 0 unspecified atom stereocenters. The summed E-state index contributed by atoms with van der Waals surface area (Å²) in [6, 6.07) is 23.2. The molecule has 3 aromatic rings. The van der Waals surface area contributed by atoms with Crippen LogP contribution in [0.3, 0.4) is 0 Å². The number of hydrogen-bond donors (Lipinski definition) is 2. The molecule has 1 heterocycles. The maximum Gasteiger partial charge on any atom is 0.143 e. The Labute approximate surface area is 143 Å². The predicted molar refractivity (Wildman–Crippen MR) is 98.4 cm³/mol. The van der Waals surface area contributed by atoms with Gasteiger partial charge < -0.3 is 10.0 Å². The molecule has 0 spiro atoms. The number of fused-ring (bicyclic) bond motifs is 1. The Hall–Kier alpha value is -2.32. The minimum absolute atomic E-state index is 0.192. The zero-order chi connectivity index (χ0) is 16.4. The molecule has 1 atom stereocenters. The van der Waals surface area contributed by atoms with Crippen LogP contribution >= 0.6 is 0 Å². The molecule has 2 N–H and O–H groups in total. The van der Waals surface area contributed by atoms with E-state index < -0.39 is 0 Å². The molecule has 0 aliphatic carbocycles. The molecule has 122 valence electrons. The van der Waals surface area contributed by atoms with E-state index in [1.807, 2.05) is 12.1 Å². The Morgan fingerprint density at radius 2 is 1.46 bits per heavy atom. The lowest BCUT2D eigenvalue weighted by Crippen LogP contribution is -3.13. The normalized spacial score (nSPS) is 17.0. The molecule has 0 amide bonds. The zero-order valence-electron chi connectivity index (χ0n) is 13.9. The van der Waals surface area contributed by atoms with Crippen LogP contribution in [0.25, 0.3) is 10.8 Å². The third kappa shape index (κ3) is 2.78. The standard InChI is InChI=1S/C22H23NO/c24-20-14-13-17-9-5-6-12-19(17)21(20)22(18-10-3-1-4-11-18)23-15-7-2-8-16-23/h1,3-6,9-14,22,24H,2,7-8,15-16H2/p+1/t22-/m0/s1. The number of benzene rings is 3. The lowest BCUT2D eigenvalue weighted by atomic mass is 9.90. The molecular formula is C22H24NO+. The van der Waals surface area contributed by atoms with Crippen molar-refractivity contribution >= 4 is 10.8 Å². The van der Waals surface area contributed by atoms with Gasteiger partial charge >= 0.3 is 0 Å². The first kappa shape index (κ1) is 15.2. The molecule has 0 bridgehead atoms. The predicted octanol–water partition coefficient (Wildman–Crippen LogP) is 3.70. The molecule has 2 heteroatoms. The van der Waals surface area contributed by atoms with Gasteiger partial charge in [0.2, 0.25) is 0 Å². The summed E-state index contributed by atoms with van der Waals surface area (Å²) < 4.78 is 0. The van der Waals surface area contributed by atoms with Gasteiger partial charge in [0.25, 0.3) is 0 Å². The number of quaternary nitrogens is 1. The summed E-state index contributed by atoms with van der Waals surface area (Å²) in [6.07, 6.45) is 3.86. The third-order valence-electron chi connectivity index (χ3n) is 5.27. The number of likely N-dealkylation sites (tertiary alicyclic amines) is 1. The Morgan fingerprint density at radius 3 is 2.25 bits per heavy atom. The molecule has 3 aromatic carbocycles. The van der Waals surface area contributed by atoms with Gasteiger partial charge in [-0.2, -0.15) is 0 Å². The summed E-state index contributed by atoms with van der Waals surface area (Å²) in [4.78, 5) is 1.57. The van der Waals surface area contributed by atoms with Gasteiger partial charge in [-0.3, -0.25) is 0 Å². The summed E-state index contributed by atoms with van der Waals surface area (Å²) >= 11 is 0. The summed E-state index contributed by atoms with van der Waals surface area (Å²) in [5, 5.41) is 13.1. The van der Waals surface area contributed by atoms with Gasteiger partial charge in [-0.15, -0.1) is 0 Å². The number of nitrogens with one attached hydrogen (secondary N) is 1. The lowest BCUT2D eigenvalue weighted by Gasteiger charge is -2.33. The number of hydrogen-bond acceptors (Lipinski definition) is 1. The van der Waals surface area contributed by atoms with Crippen molar-refractivity contribution in [3.8, 4) is 5.75 Å². The van der Waals surface area contributed by atoms with Gasteiger partial charge in [0.15, 0.2) is 0 Å². The van der Waals surface area contributed by atoms with Crippen molar-refractivity contribution in [3.63, 3.8) is 0 Å². The molecule has 1 saturated heterocycles. The van der Waals surface area contributed by atoms with Gasteiger partial charge in [-0.25, -0.2) is 0 Å². The maximum atomic E-state index is 10.8. The van der Waals surface area contributed by atoms with E-state index in [0.29, 0.717) is 5.75 Å². The Bertz CT molecular complexity index is 822. The molecule has 4 rings (SSSR count). The molecule has 0 saturated carbocycles. The Morgan fingerprint density at radius 1 is 0.750 bits per heavy atom. The van der Waals surface area contributed by atoms with E-state index in [1.165, 1.54) is 48.7 Å². The highest BCUT2D eigenvalue weighted by molar-refractivity contribution is 5.88. The second kappa shape index (κ2) is 6.66. The van der Waals surface area contributed by atoms with E-state index in [-0.39, 0.29) is 6.04 Å². The highest BCUT2D eigenvalue weighted by atomic mass is 16.3. The van der Waals surface area contributed by atoms with E-state index in [1.54, 1.807) is 4.90 Å². The van der Waals surface area contributed by atoms with Gasteiger partial charge in [0.05, 0.1) is 18.7 Å². The number of phenols is 1. The largest absolute Gasteiger partial charge is 0.507 e. The van der Waals surface area contributed by atoms with Gasteiger partial charge in [-0.05, 0) is 36.1 Å². The summed E-state index contributed by atoms with van der Waals surface area (Å²) in [7, 11) is 0. The van der Waals surface area contributed by atoms with Crippen LogP contribution in [0.4, 0.5) is 0 Å². The lowest BCUT2D eigenvalue weighted by molar-refractivity contribution is -0.930. The molecule has 1 fully saturated rings. The van der Waals surface area contributed by atoms with Crippen molar-refractivity contribution in [1.82, 2.24) is 0 Å². The summed E-state index contributed by atoms with van der Waals surface area (Å²) in [5.74, 6) is 0.417. The number of aromatic hydroxyl groups is 1. The van der Waals surface area contributed by atoms with E-state index in [4.69, 9.17) is 0 Å². The van der Waals surface area contributed by atoms with Gasteiger partial charge in [0, 0.05) is 5.56 Å². The topological polar surface area (TPSA) is 24.7 Å². The van der Waals surface area contributed by atoms with Crippen molar-refractivity contribution in [2.24, 2.45) is 0 Å². The smallest absolute Gasteiger partial charge is 0.143 e. The Kier molecular flexibility index (Phi) is 4.22. The van der Waals surface area contributed by atoms with Crippen molar-refractivity contribution in [2.75, 3.05) is 13.1 Å². The first-order valence-electron chi connectivity index (χ1n) is 8.95. The fraction of sp³-hybridized carbons (Fsp3) is 0.273. The van der Waals surface area contributed by atoms with Gasteiger partial charge in [-0.1, -0.05) is 60.7 Å². The van der Waals surface area contributed by atoms with E-state index >= 15 is 0 Å². The van der Waals surface area contributed by atoms with Crippen LogP contribution in [-0.4, -0.2) is 18.2 Å². The van der Waals surface area contributed by atoms with Crippen molar-refractivity contribution in [1.29, 1.82) is 0 Å². The summed E-state index contributed by atoms with van der Waals surface area (Å²) in [6.45, 7) is 2.34. The van der Waals surface area contributed by atoms with Crippen LogP contribution in [0.2, 0.25) is 0 Å². The highest BCUT2D eigenvalue weighted by Crippen LogP contribution is 2.34. The molecule has 1 aliphatic heterocycles. The average Bonchev–Trinajstić information content (AvgIpc) is 2.66. The van der Waals surface area contributed by atoms with E-state index in [9.17, 15) is 5.11 Å². The third-order valence-corrected chi connectivity index (χ3v) is 5.27. The van der Waals surface area contributed by atoms with Crippen molar-refractivity contribution < 1.29 is 10.0 Å². The molecule has 2 nitrogen and oxygen atoms in total. The van der Waals surface area contributed by atoms with Crippen molar-refractivity contribution in [3.05, 3.63) is 77.9 Å². The quantitative estimate of drug-likeness (QED) is 0.756. The molecule has 1 aliphatic rings.